The van der Waals surface area contributed by atoms with Crippen molar-refractivity contribution in [3.05, 3.63) is 53.6 Å². The summed E-state index contributed by atoms with van der Waals surface area (Å²) in [6.45, 7) is 1.64. The van der Waals surface area contributed by atoms with Gasteiger partial charge in [0.1, 0.15) is 0 Å². The highest BCUT2D eigenvalue weighted by molar-refractivity contribution is 7.99. The van der Waals surface area contributed by atoms with Crippen LogP contribution in [0.2, 0.25) is 0 Å². The van der Waals surface area contributed by atoms with Gasteiger partial charge in [0.05, 0.1) is 20.6 Å². The lowest BCUT2D eigenvalue weighted by Crippen LogP contribution is -2.38. The van der Waals surface area contributed by atoms with E-state index in [4.69, 9.17) is 9.47 Å². The van der Waals surface area contributed by atoms with Crippen LogP contribution in [0.3, 0.4) is 0 Å². The Balaban J connectivity index is 1.60. The molecule has 1 aliphatic heterocycles. The molecule has 0 aliphatic carbocycles. The molecule has 1 N–H and O–H groups in total. The van der Waals surface area contributed by atoms with Gasteiger partial charge >= 0.3 is 0 Å². The zero-order valence-corrected chi connectivity index (χ0v) is 16.9. The summed E-state index contributed by atoms with van der Waals surface area (Å²) >= 11 is 1.88. The normalized spacial score (nSPS) is 13.7. The number of benzene rings is 2. The van der Waals surface area contributed by atoms with Gasteiger partial charge in [0, 0.05) is 35.8 Å². The molecule has 1 heterocycles. The molecular weight excluding hydrogens is 376 g/mol. The second-order valence-electron chi connectivity index (χ2n) is 6.39. The van der Waals surface area contributed by atoms with Gasteiger partial charge < -0.3 is 19.7 Å². The minimum absolute atomic E-state index is 0.155. The van der Waals surface area contributed by atoms with Crippen LogP contribution in [0.25, 0.3) is 0 Å². The molecule has 1 fully saturated rings. The van der Waals surface area contributed by atoms with Crippen LogP contribution < -0.4 is 14.8 Å². The summed E-state index contributed by atoms with van der Waals surface area (Å²) in [6, 6.07) is 12.4. The lowest BCUT2D eigenvalue weighted by molar-refractivity contribution is -0.130. The SMILES string of the molecule is COc1ccc(C(=O)Nc2ccc(CC(=O)N3CCSCC3)cc2)cc1OC. The van der Waals surface area contributed by atoms with Crippen molar-refractivity contribution in [1.29, 1.82) is 0 Å². The molecule has 6 nitrogen and oxygen atoms in total. The predicted molar refractivity (Wildman–Crippen MR) is 112 cm³/mol. The van der Waals surface area contributed by atoms with Gasteiger partial charge in [0.15, 0.2) is 11.5 Å². The molecule has 148 valence electrons. The van der Waals surface area contributed by atoms with Crippen molar-refractivity contribution in [1.82, 2.24) is 4.90 Å². The van der Waals surface area contributed by atoms with Crippen LogP contribution in [-0.2, 0) is 11.2 Å². The molecule has 0 unspecified atom stereocenters. The first kappa shape index (κ1) is 20.1. The third-order valence-electron chi connectivity index (χ3n) is 4.58. The fourth-order valence-corrected chi connectivity index (χ4v) is 3.89. The summed E-state index contributed by atoms with van der Waals surface area (Å²) in [5.74, 6) is 3.00. The van der Waals surface area contributed by atoms with Crippen LogP contribution in [0.15, 0.2) is 42.5 Å². The number of carbonyl (C=O) groups excluding carboxylic acids is 2. The van der Waals surface area contributed by atoms with E-state index in [1.54, 1.807) is 25.3 Å². The van der Waals surface area contributed by atoms with E-state index in [1.807, 2.05) is 40.9 Å². The molecule has 2 aromatic carbocycles. The van der Waals surface area contributed by atoms with Gasteiger partial charge in [-0.3, -0.25) is 9.59 Å². The summed E-state index contributed by atoms with van der Waals surface area (Å²) in [6.07, 6.45) is 0.384. The fourth-order valence-electron chi connectivity index (χ4n) is 2.99. The molecule has 1 saturated heterocycles. The Hall–Kier alpha value is -2.67. The molecule has 2 aromatic rings. The van der Waals surface area contributed by atoms with Crippen LogP contribution in [0, 0.1) is 0 Å². The number of hydrogen-bond acceptors (Lipinski definition) is 5. The van der Waals surface area contributed by atoms with E-state index in [0.29, 0.717) is 29.2 Å². The third kappa shape index (κ3) is 4.98. The Labute approximate surface area is 169 Å². The van der Waals surface area contributed by atoms with Crippen molar-refractivity contribution in [2.75, 3.05) is 44.1 Å². The van der Waals surface area contributed by atoms with Gasteiger partial charge in [0.25, 0.3) is 5.91 Å². The number of nitrogens with zero attached hydrogens (tertiary/aromatic N) is 1. The Morgan fingerprint density at radius 1 is 1.00 bits per heavy atom. The second kappa shape index (κ2) is 9.50. The van der Waals surface area contributed by atoms with Gasteiger partial charge in [-0.2, -0.15) is 11.8 Å². The maximum absolute atomic E-state index is 12.5. The smallest absolute Gasteiger partial charge is 0.255 e. The Morgan fingerprint density at radius 2 is 1.68 bits per heavy atom. The number of nitrogens with one attached hydrogen (secondary N) is 1. The number of carbonyl (C=O) groups is 2. The van der Waals surface area contributed by atoms with Gasteiger partial charge in [0.2, 0.25) is 5.91 Å². The van der Waals surface area contributed by atoms with Gasteiger partial charge in [-0.15, -0.1) is 0 Å². The largest absolute Gasteiger partial charge is 0.493 e. The summed E-state index contributed by atoms with van der Waals surface area (Å²) in [7, 11) is 3.08. The third-order valence-corrected chi connectivity index (χ3v) is 5.52. The van der Waals surface area contributed by atoms with Crippen LogP contribution in [-0.4, -0.2) is 55.5 Å². The zero-order valence-electron chi connectivity index (χ0n) is 16.1. The van der Waals surface area contributed by atoms with E-state index in [1.165, 1.54) is 7.11 Å². The number of anilines is 1. The van der Waals surface area contributed by atoms with E-state index in [0.717, 1.165) is 30.2 Å². The average Bonchev–Trinajstić information content (AvgIpc) is 2.75. The van der Waals surface area contributed by atoms with Crippen LogP contribution >= 0.6 is 11.8 Å². The Kier molecular flexibility index (Phi) is 6.81. The number of ether oxygens (including phenoxy) is 2. The molecule has 0 aromatic heterocycles. The first-order chi connectivity index (χ1) is 13.6. The van der Waals surface area contributed by atoms with Crippen LogP contribution in [0.4, 0.5) is 5.69 Å². The second-order valence-corrected chi connectivity index (χ2v) is 7.62. The van der Waals surface area contributed by atoms with Crippen molar-refractivity contribution in [3.8, 4) is 11.5 Å². The summed E-state index contributed by atoms with van der Waals surface area (Å²) in [5.41, 5.74) is 2.08. The molecule has 7 heteroatoms. The summed E-state index contributed by atoms with van der Waals surface area (Å²) in [4.78, 5) is 26.8. The highest BCUT2D eigenvalue weighted by Gasteiger charge is 2.17. The summed E-state index contributed by atoms with van der Waals surface area (Å²) < 4.78 is 10.4. The average molecular weight is 401 g/mol. The zero-order chi connectivity index (χ0) is 19.9. The molecule has 0 bridgehead atoms. The van der Waals surface area contributed by atoms with E-state index in [2.05, 4.69) is 5.32 Å². The summed E-state index contributed by atoms with van der Waals surface area (Å²) in [5, 5.41) is 2.86. The van der Waals surface area contributed by atoms with Crippen molar-refractivity contribution in [2.45, 2.75) is 6.42 Å². The topological polar surface area (TPSA) is 67.9 Å². The highest BCUT2D eigenvalue weighted by atomic mass is 32.2. The minimum atomic E-state index is -0.240. The molecular formula is C21H24N2O4S. The van der Waals surface area contributed by atoms with E-state index >= 15 is 0 Å². The Bertz CT molecular complexity index is 833. The maximum Gasteiger partial charge on any atom is 0.255 e. The van der Waals surface area contributed by atoms with Crippen molar-refractivity contribution in [2.24, 2.45) is 0 Å². The molecule has 0 spiro atoms. The van der Waals surface area contributed by atoms with Gasteiger partial charge in [-0.05, 0) is 35.9 Å². The standard InChI is InChI=1S/C21H24N2O4S/c1-26-18-8-5-16(14-19(18)27-2)21(25)22-17-6-3-15(4-7-17)13-20(24)23-9-11-28-12-10-23/h3-8,14H,9-13H2,1-2H3,(H,22,25). The van der Waals surface area contributed by atoms with Gasteiger partial charge in [-0.25, -0.2) is 0 Å². The van der Waals surface area contributed by atoms with E-state index in [9.17, 15) is 9.59 Å². The molecule has 0 radical (unpaired) electrons. The quantitative estimate of drug-likeness (QED) is 0.807. The van der Waals surface area contributed by atoms with Crippen LogP contribution in [0.1, 0.15) is 15.9 Å². The molecule has 0 saturated carbocycles. The molecule has 1 aliphatic rings. The molecule has 2 amide bonds. The van der Waals surface area contributed by atoms with Crippen LogP contribution in [0.5, 0.6) is 11.5 Å². The monoisotopic (exact) mass is 400 g/mol. The molecule has 28 heavy (non-hydrogen) atoms. The minimum Gasteiger partial charge on any atom is -0.493 e. The number of methoxy groups -OCH3 is 2. The maximum atomic E-state index is 12.5. The van der Waals surface area contributed by atoms with E-state index in [-0.39, 0.29) is 11.8 Å². The predicted octanol–water partition coefficient (Wildman–Crippen LogP) is 3.07. The first-order valence-electron chi connectivity index (χ1n) is 9.08. The molecule has 3 rings (SSSR count). The first-order valence-corrected chi connectivity index (χ1v) is 10.2. The Morgan fingerprint density at radius 3 is 2.32 bits per heavy atom. The number of thioether (sulfide) groups is 1. The number of rotatable bonds is 6. The van der Waals surface area contributed by atoms with Crippen molar-refractivity contribution < 1.29 is 19.1 Å². The lowest BCUT2D eigenvalue weighted by Gasteiger charge is -2.26. The van der Waals surface area contributed by atoms with Gasteiger partial charge in [-0.1, -0.05) is 12.1 Å². The number of amides is 2. The lowest BCUT2D eigenvalue weighted by atomic mass is 10.1. The number of hydrogen-bond donors (Lipinski definition) is 1. The van der Waals surface area contributed by atoms with Crippen molar-refractivity contribution in [3.63, 3.8) is 0 Å². The molecule has 0 atom stereocenters. The van der Waals surface area contributed by atoms with E-state index < -0.39 is 0 Å². The fraction of sp³-hybridized carbons (Fsp3) is 0.333. The van der Waals surface area contributed by atoms with Crippen molar-refractivity contribution >= 4 is 29.3 Å². The highest BCUT2D eigenvalue weighted by Crippen LogP contribution is 2.28.